The molecule has 8 nitrogen and oxygen atoms in total. The van der Waals surface area contributed by atoms with E-state index in [4.69, 9.17) is 0 Å². The topological polar surface area (TPSA) is 82.8 Å². The van der Waals surface area contributed by atoms with Crippen molar-refractivity contribution in [3.8, 4) is 0 Å². The molecule has 164 valence electrons. The van der Waals surface area contributed by atoms with E-state index >= 15 is 0 Å². The molecular formula is C21H32N6O2S. The Bertz CT molecular complexity index is 935. The normalized spacial score (nSPS) is 20.8. The third-order valence-corrected chi connectivity index (χ3v) is 7.36. The van der Waals surface area contributed by atoms with Gasteiger partial charge in [-0.15, -0.1) is 5.10 Å². The predicted molar refractivity (Wildman–Crippen MR) is 119 cm³/mol. The van der Waals surface area contributed by atoms with Gasteiger partial charge in [-0.05, 0) is 39.7 Å². The van der Waals surface area contributed by atoms with Crippen LogP contribution in [0.4, 0.5) is 5.13 Å². The van der Waals surface area contributed by atoms with Crippen molar-refractivity contribution in [2.24, 2.45) is 5.92 Å². The summed E-state index contributed by atoms with van der Waals surface area (Å²) < 4.78 is 1.36. The molecule has 2 aromatic heterocycles. The minimum Gasteiger partial charge on any atom is -0.355 e. The number of rotatable bonds is 6. The quantitative estimate of drug-likeness (QED) is 0.752. The van der Waals surface area contributed by atoms with Crippen molar-refractivity contribution in [2.45, 2.75) is 57.9 Å². The van der Waals surface area contributed by atoms with Crippen molar-refractivity contribution in [2.75, 3.05) is 38.1 Å². The highest BCUT2D eigenvalue weighted by atomic mass is 32.1. The Morgan fingerprint density at radius 2 is 2.07 bits per heavy atom. The van der Waals surface area contributed by atoms with Gasteiger partial charge < -0.3 is 15.1 Å². The molecule has 1 saturated carbocycles. The maximum atomic E-state index is 12.8. The van der Waals surface area contributed by atoms with Crippen molar-refractivity contribution in [1.82, 2.24) is 24.8 Å². The van der Waals surface area contributed by atoms with Crippen LogP contribution < -0.4 is 15.8 Å². The molecule has 0 bridgehead atoms. The Morgan fingerprint density at radius 1 is 1.27 bits per heavy atom. The van der Waals surface area contributed by atoms with Gasteiger partial charge in [-0.3, -0.25) is 9.59 Å². The van der Waals surface area contributed by atoms with Gasteiger partial charge in [-0.25, -0.2) is 4.98 Å². The first-order chi connectivity index (χ1) is 14.5. The number of amides is 1. The predicted octanol–water partition coefficient (Wildman–Crippen LogP) is 2.06. The van der Waals surface area contributed by atoms with E-state index in [0.29, 0.717) is 29.8 Å². The summed E-state index contributed by atoms with van der Waals surface area (Å²) in [6.45, 7) is 4.90. The number of hydrogen-bond donors (Lipinski definition) is 1. The second-order valence-electron chi connectivity index (χ2n) is 8.66. The second kappa shape index (κ2) is 9.43. The average molecular weight is 433 g/mol. The monoisotopic (exact) mass is 432 g/mol. The van der Waals surface area contributed by atoms with Crippen molar-refractivity contribution in [3.63, 3.8) is 0 Å². The van der Waals surface area contributed by atoms with E-state index in [0.717, 1.165) is 31.1 Å². The third kappa shape index (κ3) is 4.83. The summed E-state index contributed by atoms with van der Waals surface area (Å²) in [6.07, 6.45) is 8.40. The van der Waals surface area contributed by atoms with Gasteiger partial charge in [0.25, 0.3) is 5.56 Å². The maximum Gasteiger partial charge on any atom is 0.275 e. The molecule has 1 saturated heterocycles. The smallest absolute Gasteiger partial charge is 0.275 e. The molecule has 4 rings (SSSR count). The highest BCUT2D eigenvalue weighted by molar-refractivity contribution is 7.20. The molecule has 1 amide bonds. The highest BCUT2D eigenvalue weighted by Gasteiger charge is 2.28. The van der Waals surface area contributed by atoms with Crippen LogP contribution in [0.25, 0.3) is 4.96 Å². The lowest BCUT2D eigenvalue weighted by molar-refractivity contribution is -0.125. The van der Waals surface area contributed by atoms with Crippen LogP contribution in [-0.2, 0) is 4.79 Å². The minimum atomic E-state index is -0.159. The summed E-state index contributed by atoms with van der Waals surface area (Å²) in [5, 5.41) is 8.37. The van der Waals surface area contributed by atoms with Crippen LogP contribution in [0, 0.1) is 12.8 Å². The van der Waals surface area contributed by atoms with Crippen molar-refractivity contribution in [1.29, 1.82) is 0 Å². The number of aromatic nitrogens is 3. The maximum absolute atomic E-state index is 12.8. The van der Waals surface area contributed by atoms with Crippen LogP contribution in [0.15, 0.2) is 10.9 Å². The molecule has 0 aromatic carbocycles. The Hall–Kier alpha value is -2.00. The Balaban J connectivity index is 1.31. The molecule has 1 atom stereocenters. The van der Waals surface area contributed by atoms with Crippen LogP contribution in [0.2, 0.25) is 0 Å². The van der Waals surface area contributed by atoms with E-state index in [-0.39, 0.29) is 17.4 Å². The molecule has 0 unspecified atom stereocenters. The summed E-state index contributed by atoms with van der Waals surface area (Å²) >= 11 is 1.41. The number of anilines is 1. The molecule has 1 aliphatic heterocycles. The summed E-state index contributed by atoms with van der Waals surface area (Å²) in [5.74, 6) is 0.0844. The molecular weight excluding hydrogens is 400 g/mol. The van der Waals surface area contributed by atoms with E-state index in [1.54, 1.807) is 0 Å². The molecule has 9 heteroatoms. The SMILES string of the molecule is Cc1cc(=O)n2nc(N3CCC[C@H](C(=O)NCCN(C)C4CCCCC4)C3)sc2n1. The summed E-state index contributed by atoms with van der Waals surface area (Å²) in [5.41, 5.74) is 0.540. The molecule has 0 radical (unpaired) electrons. The second-order valence-corrected chi connectivity index (χ2v) is 9.60. The van der Waals surface area contributed by atoms with Gasteiger partial charge in [0.15, 0.2) is 0 Å². The van der Waals surface area contributed by atoms with Gasteiger partial charge in [-0.2, -0.15) is 4.52 Å². The van der Waals surface area contributed by atoms with Gasteiger partial charge >= 0.3 is 0 Å². The van der Waals surface area contributed by atoms with Gasteiger partial charge in [0.1, 0.15) is 0 Å². The molecule has 2 aromatic rings. The van der Waals surface area contributed by atoms with E-state index in [1.165, 1.54) is 54.0 Å². The largest absolute Gasteiger partial charge is 0.355 e. The van der Waals surface area contributed by atoms with Gasteiger partial charge in [0.05, 0.1) is 5.92 Å². The number of aryl methyl sites for hydroxylation is 1. The lowest BCUT2D eigenvalue weighted by Gasteiger charge is -2.32. The number of likely N-dealkylation sites (N-methyl/N-ethyl adjacent to an activating group) is 1. The Morgan fingerprint density at radius 3 is 2.87 bits per heavy atom. The molecule has 1 N–H and O–H groups in total. The summed E-state index contributed by atoms with van der Waals surface area (Å²) in [6, 6.07) is 2.16. The number of hydrogen-bond acceptors (Lipinski definition) is 7. The Labute approximate surface area is 181 Å². The number of nitrogens with zero attached hydrogens (tertiary/aromatic N) is 5. The standard InChI is InChI=1S/C21H32N6O2S/c1-15-13-18(28)27-20(23-15)30-21(24-27)26-11-6-7-16(14-26)19(29)22-10-12-25(2)17-8-4-3-5-9-17/h13,16-17H,3-12,14H2,1-2H3,(H,22,29)/t16-/m0/s1. The number of carbonyl (C=O) groups excluding carboxylic acids is 1. The van der Waals surface area contributed by atoms with Crippen LogP contribution in [-0.4, -0.2) is 64.7 Å². The molecule has 2 fully saturated rings. The zero-order valence-electron chi connectivity index (χ0n) is 18.0. The van der Waals surface area contributed by atoms with E-state index in [1.807, 2.05) is 6.92 Å². The van der Waals surface area contributed by atoms with Crippen LogP contribution in [0.5, 0.6) is 0 Å². The van der Waals surface area contributed by atoms with Gasteiger partial charge in [-0.1, -0.05) is 30.6 Å². The summed E-state index contributed by atoms with van der Waals surface area (Å²) in [7, 11) is 2.18. The fraction of sp³-hybridized carbons (Fsp3) is 0.714. The summed E-state index contributed by atoms with van der Waals surface area (Å²) in [4.78, 5) is 34.4. The Kier molecular flexibility index (Phi) is 6.67. The first-order valence-corrected chi connectivity index (χ1v) is 11.9. The number of fused-ring (bicyclic) bond motifs is 1. The molecule has 30 heavy (non-hydrogen) atoms. The average Bonchev–Trinajstić information content (AvgIpc) is 3.19. The first-order valence-electron chi connectivity index (χ1n) is 11.1. The minimum absolute atomic E-state index is 0.0443. The van der Waals surface area contributed by atoms with Crippen molar-refractivity contribution < 1.29 is 4.79 Å². The zero-order chi connectivity index (χ0) is 21.1. The van der Waals surface area contributed by atoms with Gasteiger partial charge in [0, 0.05) is 44.0 Å². The fourth-order valence-corrected chi connectivity index (χ4v) is 5.59. The van der Waals surface area contributed by atoms with E-state index in [9.17, 15) is 9.59 Å². The van der Waals surface area contributed by atoms with Crippen LogP contribution >= 0.6 is 11.3 Å². The zero-order valence-corrected chi connectivity index (χ0v) is 18.8. The van der Waals surface area contributed by atoms with Crippen molar-refractivity contribution in [3.05, 3.63) is 22.1 Å². The van der Waals surface area contributed by atoms with E-state index in [2.05, 4.69) is 32.2 Å². The number of piperidine rings is 1. The molecule has 0 spiro atoms. The molecule has 3 heterocycles. The lowest BCUT2D eigenvalue weighted by Crippen LogP contribution is -2.45. The fourth-order valence-electron chi connectivity index (χ4n) is 4.61. The molecule has 1 aliphatic carbocycles. The third-order valence-electron chi connectivity index (χ3n) is 6.39. The number of carbonyl (C=O) groups is 1. The van der Waals surface area contributed by atoms with Crippen LogP contribution in [0.3, 0.4) is 0 Å². The lowest BCUT2D eigenvalue weighted by atomic mass is 9.94. The van der Waals surface area contributed by atoms with Crippen molar-refractivity contribution >= 4 is 27.3 Å². The first kappa shape index (κ1) is 21.2. The number of nitrogens with one attached hydrogen (secondary N) is 1. The van der Waals surface area contributed by atoms with E-state index < -0.39 is 0 Å². The van der Waals surface area contributed by atoms with Crippen LogP contribution in [0.1, 0.15) is 50.6 Å². The highest BCUT2D eigenvalue weighted by Crippen LogP contribution is 2.27. The molecule has 2 aliphatic rings. The van der Waals surface area contributed by atoms with Gasteiger partial charge in [0.2, 0.25) is 16.0 Å².